The van der Waals surface area contributed by atoms with Gasteiger partial charge in [0.1, 0.15) is 6.54 Å². The number of nitrogens with one attached hydrogen (secondary N) is 1. The quantitative estimate of drug-likeness (QED) is 0.811. The van der Waals surface area contributed by atoms with Crippen LogP contribution in [0.5, 0.6) is 0 Å². The highest BCUT2D eigenvalue weighted by Gasteiger charge is 2.24. The summed E-state index contributed by atoms with van der Waals surface area (Å²) in [6.45, 7) is 3.11. The second-order valence-electron chi connectivity index (χ2n) is 4.50. The first kappa shape index (κ1) is 12.1. The number of hydrogen-bond donors (Lipinski definition) is 2. The van der Waals surface area contributed by atoms with Crippen LogP contribution in [0.1, 0.15) is 43.5 Å². The molecule has 2 N–H and O–H groups in total. The van der Waals surface area contributed by atoms with E-state index in [1.165, 1.54) is 5.56 Å². The van der Waals surface area contributed by atoms with E-state index < -0.39 is 5.97 Å². The molecule has 1 aromatic rings. The van der Waals surface area contributed by atoms with Crippen molar-refractivity contribution in [2.45, 2.75) is 45.2 Å². The first-order valence-electron chi connectivity index (χ1n) is 6.22. The molecule has 5 nitrogen and oxygen atoms in total. The van der Waals surface area contributed by atoms with E-state index in [1.807, 2.05) is 6.20 Å². The zero-order valence-electron chi connectivity index (χ0n) is 10.1. The summed E-state index contributed by atoms with van der Waals surface area (Å²) in [5.41, 5.74) is 2.28. The Morgan fingerprint density at radius 1 is 1.71 bits per heavy atom. The first-order chi connectivity index (χ1) is 8.22. The van der Waals surface area contributed by atoms with Gasteiger partial charge in [-0.25, -0.2) is 0 Å². The van der Waals surface area contributed by atoms with Gasteiger partial charge in [-0.2, -0.15) is 5.10 Å². The van der Waals surface area contributed by atoms with Crippen LogP contribution < -0.4 is 5.32 Å². The molecular weight excluding hydrogens is 218 g/mol. The van der Waals surface area contributed by atoms with E-state index in [2.05, 4.69) is 17.3 Å². The number of carbonyl (C=O) groups is 1. The standard InChI is InChI=1S/C12H19N3O2/c1-2-6-13-10-4-3-5-11-9(10)7-14-15(11)8-12(16)17/h7,10,13H,2-6,8H2,1H3,(H,16,17). The summed E-state index contributed by atoms with van der Waals surface area (Å²) >= 11 is 0. The highest BCUT2D eigenvalue weighted by Crippen LogP contribution is 2.29. The molecule has 1 aliphatic carbocycles. The Labute approximate surface area is 101 Å². The molecular formula is C12H19N3O2. The van der Waals surface area contributed by atoms with Gasteiger partial charge in [0.15, 0.2) is 0 Å². The number of aliphatic carboxylic acids is 1. The van der Waals surface area contributed by atoms with Crippen LogP contribution in [0.25, 0.3) is 0 Å². The Morgan fingerprint density at radius 2 is 2.53 bits per heavy atom. The third-order valence-electron chi connectivity index (χ3n) is 3.19. The molecule has 0 amide bonds. The summed E-state index contributed by atoms with van der Waals surface area (Å²) in [6.07, 6.45) is 6.08. The molecule has 0 bridgehead atoms. The van der Waals surface area contributed by atoms with Crippen molar-refractivity contribution in [3.8, 4) is 0 Å². The first-order valence-corrected chi connectivity index (χ1v) is 6.22. The second kappa shape index (κ2) is 5.31. The van der Waals surface area contributed by atoms with Gasteiger partial charge in [-0.1, -0.05) is 6.92 Å². The lowest BCUT2D eigenvalue weighted by molar-refractivity contribution is -0.137. The molecule has 0 spiro atoms. The minimum atomic E-state index is -0.834. The topological polar surface area (TPSA) is 67.2 Å². The van der Waals surface area contributed by atoms with Crippen molar-refractivity contribution >= 4 is 5.97 Å². The number of nitrogens with zero attached hydrogens (tertiary/aromatic N) is 2. The molecule has 0 saturated heterocycles. The molecule has 1 heterocycles. The lowest BCUT2D eigenvalue weighted by atomic mass is 9.93. The Morgan fingerprint density at radius 3 is 3.24 bits per heavy atom. The van der Waals surface area contributed by atoms with Crippen LogP contribution in [0, 0.1) is 0 Å². The number of rotatable bonds is 5. The predicted molar refractivity (Wildman–Crippen MR) is 63.8 cm³/mol. The van der Waals surface area contributed by atoms with Crippen LogP contribution in [0.4, 0.5) is 0 Å². The SMILES string of the molecule is CCCNC1CCCc2c1cnn2CC(=O)O. The molecule has 2 rings (SSSR count). The number of hydrogen-bond acceptors (Lipinski definition) is 3. The van der Waals surface area contributed by atoms with Crippen molar-refractivity contribution in [2.75, 3.05) is 6.54 Å². The van der Waals surface area contributed by atoms with Crippen molar-refractivity contribution in [3.63, 3.8) is 0 Å². The van der Waals surface area contributed by atoms with Crippen LogP contribution in [0.15, 0.2) is 6.20 Å². The number of carboxylic acid groups (broad SMARTS) is 1. The van der Waals surface area contributed by atoms with Crippen LogP contribution in [-0.4, -0.2) is 27.4 Å². The number of carboxylic acids is 1. The average molecular weight is 237 g/mol. The predicted octanol–water partition coefficient (Wildman–Crippen LogP) is 1.34. The van der Waals surface area contributed by atoms with E-state index in [1.54, 1.807) is 4.68 Å². The van der Waals surface area contributed by atoms with Gasteiger partial charge < -0.3 is 10.4 Å². The molecule has 0 aromatic carbocycles. The van der Waals surface area contributed by atoms with E-state index >= 15 is 0 Å². The minimum absolute atomic E-state index is 0.0319. The molecule has 0 saturated carbocycles. The summed E-state index contributed by atoms with van der Waals surface area (Å²) in [6, 6.07) is 0.348. The number of fused-ring (bicyclic) bond motifs is 1. The largest absolute Gasteiger partial charge is 0.480 e. The van der Waals surface area contributed by atoms with Gasteiger partial charge >= 0.3 is 5.97 Å². The molecule has 1 aliphatic rings. The summed E-state index contributed by atoms with van der Waals surface area (Å²) in [7, 11) is 0. The Hall–Kier alpha value is -1.36. The van der Waals surface area contributed by atoms with Crippen molar-refractivity contribution in [3.05, 3.63) is 17.5 Å². The summed E-state index contributed by atoms with van der Waals surface area (Å²) < 4.78 is 1.62. The Bertz CT molecular complexity index is 400. The van der Waals surface area contributed by atoms with Crippen molar-refractivity contribution in [2.24, 2.45) is 0 Å². The van der Waals surface area contributed by atoms with E-state index in [0.717, 1.165) is 37.9 Å². The molecule has 0 fully saturated rings. The van der Waals surface area contributed by atoms with Gasteiger partial charge in [0.2, 0.25) is 0 Å². The molecule has 17 heavy (non-hydrogen) atoms. The van der Waals surface area contributed by atoms with Crippen LogP contribution in [0.2, 0.25) is 0 Å². The maximum Gasteiger partial charge on any atom is 0.325 e. The van der Waals surface area contributed by atoms with E-state index in [4.69, 9.17) is 5.11 Å². The Balaban J connectivity index is 2.16. The lowest BCUT2D eigenvalue weighted by Gasteiger charge is -2.23. The summed E-state index contributed by atoms with van der Waals surface area (Å²) in [5, 5.41) is 16.5. The highest BCUT2D eigenvalue weighted by atomic mass is 16.4. The monoisotopic (exact) mass is 237 g/mol. The highest BCUT2D eigenvalue weighted by molar-refractivity contribution is 5.66. The van der Waals surface area contributed by atoms with Crippen molar-refractivity contribution in [1.82, 2.24) is 15.1 Å². The number of aromatic nitrogens is 2. The molecule has 1 unspecified atom stereocenters. The minimum Gasteiger partial charge on any atom is -0.480 e. The van der Waals surface area contributed by atoms with Gasteiger partial charge in [0.05, 0.1) is 6.20 Å². The maximum absolute atomic E-state index is 10.7. The molecule has 1 atom stereocenters. The van der Waals surface area contributed by atoms with Crippen LogP contribution in [-0.2, 0) is 17.8 Å². The maximum atomic E-state index is 10.7. The molecule has 1 aromatic heterocycles. The van der Waals surface area contributed by atoms with Gasteiger partial charge in [0.25, 0.3) is 0 Å². The second-order valence-corrected chi connectivity index (χ2v) is 4.50. The zero-order chi connectivity index (χ0) is 12.3. The van der Waals surface area contributed by atoms with Crippen LogP contribution >= 0.6 is 0 Å². The fourth-order valence-electron chi connectivity index (χ4n) is 2.41. The third kappa shape index (κ3) is 2.66. The molecule has 94 valence electrons. The molecule has 0 aliphatic heterocycles. The molecule has 0 radical (unpaired) electrons. The van der Waals surface area contributed by atoms with E-state index in [9.17, 15) is 4.79 Å². The van der Waals surface area contributed by atoms with Gasteiger partial charge in [0, 0.05) is 17.3 Å². The van der Waals surface area contributed by atoms with Crippen LogP contribution in [0.3, 0.4) is 0 Å². The van der Waals surface area contributed by atoms with Crippen molar-refractivity contribution in [1.29, 1.82) is 0 Å². The van der Waals surface area contributed by atoms with Gasteiger partial charge in [-0.15, -0.1) is 0 Å². The normalized spacial score (nSPS) is 19.0. The summed E-state index contributed by atoms with van der Waals surface area (Å²) in [4.78, 5) is 10.7. The molecule has 5 heteroatoms. The lowest BCUT2D eigenvalue weighted by Crippen LogP contribution is -2.26. The average Bonchev–Trinajstić information content (AvgIpc) is 2.70. The smallest absolute Gasteiger partial charge is 0.325 e. The summed E-state index contributed by atoms with van der Waals surface area (Å²) in [5.74, 6) is -0.834. The van der Waals surface area contributed by atoms with Gasteiger partial charge in [-0.05, 0) is 32.2 Å². The Kier molecular flexibility index (Phi) is 3.78. The fraction of sp³-hybridized carbons (Fsp3) is 0.667. The zero-order valence-corrected chi connectivity index (χ0v) is 10.1. The van der Waals surface area contributed by atoms with Gasteiger partial charge in [-0.3, -0.25) is 9.48 Å². The van der Waals surface area contributed by atoms with E-state index in [-0.39, 0.29) is 6.54 Å². The van der Waals surface area contributed by atoms with Crippen molar-refractivity contribution < 1.29 is 9.90 Å². The third-order valence-corrected chi connectivity index (χ3v) is 3.19. The fourth-order valence-corrected chi connectivity index (χ4v) is 2.41. The van der Waals surface area contributed by atoms with E-state index in [0.29, 0.717) is 6.04 Å².